The van der Waals surface area contributed by atoms with Crippen LogP contribution in [-0.4, -0.2) is 56.4 Å². The maximum absolute atomic E-state index is 13.0. The molecule has 28 heavy (non-hydrogen) atoms. The smallest absolute Gasteiger partial charge is 0.324 e. The van der Waals surface area contributed by atoms with Gasteiger partial charge in [-0.15, -0.1) is 0 Å². The monoisotopic (exact) mass is 415 g/mol. The lowest BCUT2D eigenvalue weighted by atomic mass is 10.2. The summed E-state index contributed by atoms with van der Waals surface area (Å²) in [6.07, 6.45) is 1.36. The zero-order chi connectivity index (χ0) is 20.7. The first-order valence-corrected chi connectivity index (χ1v) is 10.2. The van der Waals surface area contributed by atoms with E-state index < -0.39 is 46.4 Å². The molecule has 3 amide bonds. The SMILES string of the molecule is CCCNC(=O)NC(=O)COC(=O)[C@@H]1CCCN1S(=O)(=O)c1ccc(F)cc1. The number of amides is 3. The van der Waals surface area contributed by atoms with Crippen molar-refractivity contribution in [3.8, 4) is 0 Å². The molecule has 0 radical (unpaired) electrons. The number of sulfonamides is 1. The summed E-state index contributed by atoms with van der Waals surface area (Å²) in [5, 5.41) is 4.43. The van der Waals surface area contributed by atoms with Gasteiger partial charge in [-0.1, -0.05) is 6.92 Å². The van der Waals surface area contributed by atoms with Gasteiger partial charge in [-0.3, -0.25) is 14.9 Å². The quantitative estimate of drug-likeness (QED) is 0.634. The second kappa shape index (κ2) is 9.60. The first kappa shape index (κ1) is 21.8. The van der Waals surface area contributed by atoms with Crippen LogP contribution in [0.4, 0.5) is 9.18 Å². The molecule has 1 fully saturated rings. The van der Waals surface area contributed by atoms with Crippen molar-refractivity contribution < 1.29 is 31.9 Å². The largest absolute Gasteiger partial charge is 0.454 e. The lowest BCUT2D eigenvalue weighted by molar-refractivity contribution is -0.151. The molecule has 2 rings (SSSR count). The summed E-state index contributed by atoms with van der Waals surface area (Å²) >= 11 is 0. The number of hydrogen-bond donors (Lipinski definition) is 2. The molecule has 1 saturated heterocycles. The Bertz CT molecular complexity index is 828. The van der Waals surface area contributed by atoms with Crippen LogP contribution in [0, 0.1) is 5.82 Å². The van der Waals surface area contributed by atoms with Crippen LogP contribution in [0.3, 0.4) is 0 Å². The third-order valence-corrected chi connectivity index (χ3v) is 5.95. The van der Waals surface area contributed by atoms with Crippen molar-refractivity contribution in [1.29, 1.82) is 0 Å². The van der Waals surface area contributed by atoms with Crippen LogP contribution in [0.25, 0.3) is 0 Å². The van der Waals surface area contributed by atoms with E-state index >= 15 is 0 Å². The topological polar surface area (TPSA) is 122 Å². The number of imide groups is 1. The maximum Gasteiger partial charge on any atom is 0.324 e. The summed E-state index contributed by atoms with van der Waals surface area (Å²) in [5.74, 6) is -2.29. The minimum absolute atomic E-state index is 0.102. The second-order valence-corrected chi connectivity index (χ2v) is 8.03. The fourth-order valence-corrected chi connectivity index (χ4v) is 4.33. The van der Waals surface area contributed by atoms with E-state index in [0.29, 0.717) is 19.4 Å². The number of carbonyl (C=O) groups is 3. The third kappa shape index (κ3) is 5.49. The maximum atomic E-state index is 13.0. The highest BCUT2D eigenvalue weighted by molar-refractivity contribution is 7.89. The summed E-state index contributed by atoms with van der Waals surface area (Å²) in [7, 11) is -4.02. The Morgan fingerprint density at radius 3 is 2.57 bits per heavy atom. The van der Waals surface area contributed by atoms with E-state index in [9.17, 15) is 27.2 Å². The van der Waals surface area contributed by atoms with Gasteiger partial charge in [0.25, 0.3) is 5.91 Å². The van der Waals surface area contributed by atoms with Gasteiger partial charge in [0.2, 0.25) is 10.0 Å². The molecule has 154 valence electrons. The molecule has 0 bridgehead atoms. The number of urea groups is 1. The van der Waals surface area contributed by atoms with Crippen LogP contribution in [0.1, 0.15) is 26.2 Å². The number of nitrogens with zero attached hydrogens (tertiary/aromatic N) is 1. The number of hydrogen-bond acceptors (Lipinski definition) is 6. The Hall–Kier alpha value is -2.53. The Morgan fingerprint density at radius 2 is 1.93 bits per heavy atom. The average molecular weight is 415 g/mol. The van der Waals surface area contributed by atoms with E-state index in [2.05, 4.69) is 5.32 Å². The minimum atomic E-state index is -4.02. The fraction of sp³-hybridized carbons (Fsp3) is 0.471. The molecular weight excluding hydrogens is 393 g/mol. The Morgan fingerprint density at radius 1 is 1.25 bits per heavy atom. The van der Waals surface area contributed by atoms with E-state index in [1.807, 2.05) is 12.2 Å². The summed E-state index contributed by atoms with van der Waals surface area (Å²) in [6.45, 7) is 1.62. The fourth-order valence-electron chi connectivity index (χ4n) is 2.68. The molecule has 1 aliphatic rings. The molecule has 0 spiro atoms. The van der Waals surface area contributed by atoms with Crippen LogP contribution >= 0.6 is 0 Å². The highest BCUT2D eigenvalue weighted by Gasteiger charge is 2.40. The van der Waals surface area contributed by atoms with Gasteiger partial charge in [0.05, 0.1) is 4.90 Å². The Kier molecular flexibility index (Phi) is 7.46. The van der Waals surface area contributed by atoms with Gasteiger partial charge in [0.15, 0.2) is 6.61 Å². The zero-order valence-electron chi connectivity index (χ0n) is 15.3. The van der Waals surface area contributed by atoms with Crippen molar-refractivity contribution in [3.63, 3.8) is 0 Å². The molecule has 1 heterocycles. The van der Waals surface area contributed by atoms with E-state index in [4.69, 9.17) is 4.74 Å². The van der Waals surface area contributed by atoms with Crippen LogP contribution in [0.15, 0.2) is 29.2 Å². The van der Waals surface area contributed by atoms with Crippen LogP contribution in [0.5, 0.6) is 0 Å². The van der Waals surface area contributed by atoms with E-state index in [1.54, 1.807) is 0 Å². The van der Waals surface area contributed by atoms with Gasteiger partial charge in [0.1, 0.15) is 11.9 Å². The summed E-state index contributed by atoms with van der Waals surface area (Å²) in [4.78, 5) is 35.2. The molecule has 9 nitrogen and oxygen atoms in total. The van der Waals surface area contributed by atoms with E-state index in [-0.39, 0.29) is 17.9 Å². The molecule has 11 heteroatoms. The highest BCUT2D eigenvalue weighted by Crippen LogP contribution is 2.27. The van der Waals surface area contributed by atoms with Crippen molar-refractivity contribution in [2.24, 2.45) is 0 Å². The predicted octanol–water partition coefficient (Wildman–Crippen LogP) is 0.758. The number of benzene rings is 1. The van der Waals surface area contributed by atoms with Crippen LogP contribution < -0.4 is 10.6 Å². The number of nitrogens with one attached hydrogen (secondary N) is 2. The van der Waals surface area contributed by atoms with Crippen molar-refractivity contribution in [1.82, 2.24) is 14.9 Å². The number of esters is 1. The summed E-state index contributed by atoms with van der Waals surface area (Å²) in [6, 6.07) is 2.48. The normalized spacial score (nSPS) is 17.1. The average Bonchev–Trinajstić information content (AvgIpc) is 3.15. The molecule has 2 N–H and O–H groups in total. The molecule has 1 atom stereocenters. The highest BCUT2D eigenvalue weighted by atomic mass is 32.2. The first-order chi connectivity index (χ1) is 13.3. The molecule has 1 aliphatic heterocycles. The molecule has 1 aromatic rings. The number of halogens is 1. The summed E-state index contributed by atoms with van der Waals surface area (Å²) < 4.78 is 44.3. The Balaban J connectivity index is 1.96. The van der Waals surface area contributed by atoms with E-state index in [0.717, 1.165) is 28.6 Å². The molecular formula is C17H22FN3O6S. The van der Waals surface area contributed by atoms with Crippen molar-refractivity contribution in [2.45, 2.75) is 37.1 Å². The van der Waals surface area contributed by atoms with Crippen molar-refractivity contribution in [3.05, 3.63) is 30.1 Å². The number of rotatable bonds is 7. The molecule has 1 aromatic carbocycles. The molecule has 0 aromatic heterocycles. The van der Waals surface area contributed by atoms with Gasteiger partial charge in [0, 0.05) is 13.1 Å². The minimum Gasteiger partial charge on any atom is -0.454 e. The first-order valence-electron chi connectivity index (χ1n) is 8.77. The van der Waals surface area contributed by atoms with Gasteiger partial charge in [-0.05, 0) is 43.5 Å². The Labute approximate surface area is 162 Å². The van der Waals surface area contributed by atoms with Crippen molar-refractivity contribution in [2.75, 3.05) is 19.7 Å². The van der Waals surface area contributed by atoms with E-state index in [1.165, 1.54) is 0 Å². The van der Waals surface area contributed by atoms with Gasteiger partial charge >= 0.3 is 12.0 Å². The molecule has 0 unspecified atom stereocenters. The van der Waals surface area contributed by atoms with Gasteiger partial charge in [-0.2, -0.15) is 4.31 Å². The molecule has 0 aliphatic carbocycles. The van der Waals surface area contributed by atoms with Gasteiger partial charge in [-0.25, -0.2) is 17.6 Å². The lowest BCUT2D eigenvalue weighted by Gasteiger charge is -2.22. The third-order valence-electron chi connectivity index (χ3n) is 4.03. The second-order valence-electron chi connectivity index (χ2n) is 6.14. The van der Waals surface area contributed by atoms with Crippen molar-refractivity contribution >= 4 is 27.9 Å². The van der Waals surface area contributed by atoms with Gasteiger partial charge < -0.3 is 10.1 Å². The van der Waals surface area contributed by atoms with Crippen LogP contribution in [0.2, 0.25) is 0 Å². The number of ether oxygens (including phenoxy) is 1. The lowest BCUT2D eigenvalue weighted by Crippen LogP contribution is -2.44. The predicted molar refractivity (Wildman–Crippen MR) is 96.1 cm³/mol. The summed E-state index contributed by atoms with van der Waals surface area (Å²) in [5.41, 5.74) is 0. The standard InChI is InChI=1S/C17H22FN3O6S/c1-2-9-19-17(24)20-15(22)11-27-16(23)14-4-3-10-21(14)28(25,26)13-7-5-12(18)6-8-13/h5-8,14H,2-4,9-11H2,1H3,(H2,19,20,22,24)/t14-/m0/s1. The zero-order valence-corrected chi connectivity index (χ0v) is 16.1. The van der Waals surface area contributed by atoms with Crippen LogP contribution in [-0.2, 0) is 24.3 Å². The molecule has 0 saturated carbocycles. The number of carbonyl (C=O) groups excluding carboxylic acids is 3.